The molecular weight excluding hydrogens is 210 g/mol. The first kappa shape index (κ1) is 11.9. The molecule has 1 N–H and O–H groups in total. The lowest BCUT2D eigenvalue weighted by Crippen LogP contribution is -2.12. The molecular formula is C14H19N3. The minimum atomic E-state index is 0.917. The maximum absolute atomic E-state index is 4.35. The Morgan fingerprint density at radius 2 is 2.18 bits per heavy atom. The summed E-state index contributed by atoms with van der Waals surface area (Å²) in [7, 11) is 0. The first-order valence-corrected chi connectivity index (χ1v) is 6.17. The summed E-state index contributed by atoms with van der Waals surface area (Å²) in [5, 5.41) is 3.34. The van der Waals surface area contributed by atoms with Gasteiger partial charge in [-0.15, -0.1) is 0 Å². The minimum absolute atomic E-state index is 0.917. The zero-order chi connectivity index (χ0) is 12.1. The van der Waals surface area contributed by atoms with Crippen molar-refractivity contribution in [3.63, 3.8) is 0 Å². The van der Waals surface area contributed by atoms with Gasteiger partial charge in [0.1, 0.15) is 5.82 Å². The number of hydrogen-bond acceptors (Lipinski definition) is 2. The predicted molar refractivity (Wildman–Crippen MR) is 70.3 cm³/mol. The van der Waals surface area contributed by atoms with Gasteiger partial charge < -0.3 is 9.88 Å². The van der Waals surface area contributed by atoms with Gasteiger partial charge in [-0.1, -0.05) is 26.0 Å². The fourth-order valence-electron chi connectivity index (χ4n) is 1.92. The molecule has 0 saturated heterocycles. The third-order valence-electron chi connectivity index (χ3n) is 2.80. The van der Waals surface area contributed by atoms with Crippen molar-refractivity contribution in [3.05, 3.63) is 48.0 Å². The Kier molecular flexibility index (Phi) is 3.94. The van der Waals surface area contributed by atoms with E-state index in [1.54, 1.807) is 0 Å². The molecule has 0 amide bonds. The van der Waals surface area contributed by atoms with Crippen molar-refractivity contribution in [2.45, 2.75) is 26.8 Å². The molecule has 1 aromatic carbocycles. The van der Waals surface area contributed by atoms with Crippen LogP contribution in [0.5, 0.6) is 0 Å². The Bertz CT molecular complexity index is 474. The molecule has 0 fully saturated rings. The summed E-state index contributed by atoms with van der Waals surface area (Å²) in [5.74, 6) is 1.10. The van der Waals surface area contributed by atoms with Crippen molar-refractivity contribution >= 4 is 0 Å². The molecule has 90 valence electrons. The second-order valence-corrected chi connectivity index (χ2v) is 4.02. The Morgan fingerprint density at radius 3 is 2.94 bits per heavy atom. The van der Waals surface area contributed by atoms with E-state index in [9.17, 15) is 0 Å². The fourth-order valence-corrected chi connectivity index (χ4v) is 1.92. The van der Waals surface area contributed by atoms with Crippen molar-refractivity contribution in [1.82, 2.24) is 14.9 Å². The van der Waals surface area contributed by atoms with E-state index in [1.165, 1.54) is 11.3 Å². The summed E-state index contributed by atoms with van der Waals surface area (Å²) in [6.45, 7) is 6.16. The van der Waals surface area contributed by atoms with E-state index in [2.05, 4.69) is 53.0 Å². The van der Waals surface area contributed by atoms with Crippen molar-refractivity contribution < 1.29 is 0 Å². The van der Waals surface area contributed by atoms with Gasteiger partial charge in [-0.2, -0.15) is 0 Å². The van der Waals surface area contributed by atoms with Crippen LogP contribution in [0.4, 0.5) is 0 Å². The summed E-state index contributed by atoms with van der Waals surface area (Å²) < 4.78 is 2.15. The second kappa shape index (κ2) is 5.64. The highest BCUT2D eigenvalue weighted by Crippen LogP contribution is 2.13. The molecule has 0 aliphatic heterocycles. The van der Waals surface area contributed by atoms with E-state index >= 15 is 0 Å². The Hall–Kier alpha value is -1.61. The van der Waals surface area contributed by atoms with Crippen LogP contribution in [-0.4, -0.2) is 16.1 Å². The number of imidazole rings is 1. The maximum Gasteiger partial charge on any atom is 0.112 e. The third-order valence-corrected chi connectivity index (χ3v) is 2.80. The van der Waals surface area contributed by atoms with Gasteiger partial charge in [0.15, 0.2) is 0 Å². The highest BCUT2D eigenvalue weighted by Gasteiger charge is 2.03. The van der Waals surface area contributed by atoms with Crippen molar-refractivity contribution in [2.75, 3.05) is 6.54 Å². The van der Waals surface area contributed by atoms with E-state index in [0.29, 0.717) is 0 Å². The summed E-state index contributed by atoms with van der Waals surface area (Å²) in [6, 6.07) is 8.58. The number of hydrogen-bond donors (Lipinski definition) is 1. The lowest BCUT2D eigenvalue weighted by atomic mass is 10.2. The number of aromatic nitrogens is 2. The van der Waals surface area contributed by atoms with Gasteiger partial charge in [0.2, 0.25) is 0 Å². The van der Waals surface area contributed by atoms with Crippen molar-refractivity contribution in [2.24, 2.45) is 0 Å². The average Bonchev–Trinajstić information content (AvgIpc) is 2.85. The molecule has 1 aromatic heterocycles. The fraction of sp³-hybridized carbons (Fsp3) is 0.357. The molecule has 2 rings (SSSR count). The summed E-state index contributed by atoms with van der Waals surface area (Å²) >= 11 is 0. The smallest absolute Gasteiger partial charge is 0.112 e. The number of nitrogens with one attached hydrogen (secondary N) is 1. The lowest BCUT2D eigenvalue weighted by molar-refractivity contribution is 0.726. The summed E-state index contributed by atoms with van der Waals surface area (Å²) in [6.07, 6.45) is 4.82. The number of aryl methyl sites for hydroxylation is 1. The molecule has 0 aliphatic carbocycles. The largest absolute Gasteiger partial charge is 0.313 e. The number of benzene rings is 1. The van der Waals surface area contributed by atoms with Gasteiger partial charge in [0.05, 0.1) is 0 Å². The molecule has 0 radical (unpaired) electrons. The highest BCUT2D eigenvalue weighted by atomic mass is 15.1. The first-order chi connectivity index (χ1) is 8.35. The van der Waals surface area contributed by atoms with Crippen LogP contribution >= 0.6 is 0 Å². The topological polar surface area (TPSA) is 29.9 Å². The first-order valence-electron chi connectivity index (χ1n) is 6.17. The van der Waals surface area contributed by atoms with Crippen LogP contribution in [-0.2, 0) is 13.0 Å². The Morgan fingerprint density at radius 1 is 1.29 bits per heavy atom. The number of nitrogens with zero attached hydrogens (tertiary/aromatic N) is 2. The van der Waals surface area contributed by atoms with E-state index in [1.807, 2.05) is 12.4 Å². The molecule has 2 aromatic rings. The predicted octanol–water partition coefficient (Wildman–Crippen LogP) is 2.54. The Balaban J connectivity index is 2.26. The van der Waals surface area contributed by atoms with E-state index < -0.39 is 0 Å². The van der Waals surface area contributed by atoms with Crippen molar-refractivity contribution in [3.8, 4) is 5.69 Å². The van der Waals surface area contributed by atoms with Gasteiger partial charge in [-0.25, -0.2) is 4.98 Å². The average molecular weight is 229 g/mol. The van der Waals surface area contributed by atoms with Gasteiger partial charge in [-0.05, 0) is 24.2 Å². The van der Waals surface area contributed by atoms with Gasteiger partial charge >= 0.3 is 0 Å². The second-order valence-electron chi connectivity index (χ2n) is 4.02. The standard InChI is InChI=1S/C14H19N3/c1-3-14-16-8-9-17(14)13-7-5-6-12(10-13)11-15-4-2/h5-10,15H,3-4,11H2,1-2H3. The van der Waals surface area contributed by atoms with Crippen LogP contribution in [0.15, 0.2) is 36.7 Å². The molecule has 3 heteroatoms. The molecule has 0 aliphatic rings. The van der Waals surface area contributed by atoms with Crippen LogP contribution in [0.1, 0.15) is 25.2 Å². The molecule has 0 bridgehead atoms. The van der Waals surface area contributed by atoms with E-state index in [0.717, 1.165) is 25.3 Å². The lowest BCUT2D eigenvalue weighted by Gasteiger charge is -2.09. The van der Waals surface area contributed by atoms with Gasteiger partial charge in [0, 0.05) is 31.0 Å². The van der Waals surface area contributed by atoms with Crippen LogP contribution < -0.4 is 5.32 Å². The minimum Gasteiger partial charge on any atom is -0.313 e. The van der Waals surface area contributed by atoms with Crippen molar-refractivity contribution in [1.29, 1.82) is 0 Å². The molecule has 3 nitrogen and oxygen atoms in total. The maximum atomic E-state index is 4.35. The third kappa shape index (κ3) is 2.74. The van der Waals surface area contributed by atoms with Crippen LogP contribution in [0.2, 0.25) is 0 Å². The zero-order valence-electron chi connectivity index (χ0n) is 10.5. The van der Waals surface area contributed by atoms with Gasteiger partial charge in [0.25, 0.3) is 0 Å². The molecule has 0 spiro atoms. The summed E-state index contributed by atoms with van der Waals surface area (Å²) in [5.41, 5.74) is 2.50. The monoisotopic (exact) mass is 229 g/mol. The normalized spacial score (nSPS) is 10.7. The van der Waals surface area contributed by atoms with Gasteiger partial charge in [-0.3, -0.25) is 0 Å². The van der Waals surface area contributed by atoms with E-state index in [-0.39, 0.29) is 0 Å². The number of rotatable bonds is 5. The molecule has 0 unspecified atom stereocenters. The van der Waals surface area contributed by atoms with Crippen LogP contribution in [0, 0.1) is 0 Å². The molecule has 0 atom stereocenters. The van der Waals surface area contributed by atoms with E-state index in [4.69, 9.17) is 0 Å². The summed E-state index contributed by atoms with van der Waals surface area (Å²) in [4.78, 5) is 4.35. The van der Waals surface area contributed by atoms with Crippen LogP contribution in [0.25, 0.3) is 5.69 Å². The molecule has 0 saturated carbocycles. The van der Waals surface area contributed by atoms with Crippen LogP contribution in [0.3, 0.4) is 0 Å². The molecule has 1 heterocycles. The molecule has 17 heavy (non-hydrogen) atoms. The zero-order valence-corrected chi connectivity index (χ0v) is 10.5. The SMILES string of the molecule is CCNCc1cccc(-n2ccnc2CC)c1. The highest BCUT2D eigenvalue weighted by molar-refractivity contribution is 5.37. The quantitative estimate of drug-likeness (QED) is 0.854. The Labute approximate surface area is 103 Å².